The van der Waals surface area contributed by atoms with Crippen LogP contribution in [0.3, 0.4) is 0 Å². The second kappa shape index (κ2) is 11.3. The van der Waals surface area contributed by atoms with E-state index in [1.807, 2.05) is 30.3 Å². The molecule has 0 unspecified atom stereocenters. The molecule has 0 aromatic heterocycles. The van der Waals surface area contributed by atoms with E-state index in [-0.39, 0.29) is 11.8 Å². The third kappa shape index (κ3) is 6.67. The molecule has 0 saturated heterocycles. The molecule has 0 fully saturated rings. The van der Waals surface area contributed by atoms with Gasteiger partial charge in [-0.05, 0) is 57.9 Å². The number of nitrogens with one attached hydrogen (secondary N) is 2. The minimum Gasteiger partial charge on any atom is -0.490 e. The van der Waals surface area contributed by atoms with Gasteiger partial charge in [0, 0.05) is 30.5 Å². The van der Waals surface area contributed by atoms with E-state index in [1.165, 1.54) is 0 Å². The lowest BCUT2D eigenvalue weighted by Crippen LogP contribution is -2.23. The number of hydrogen-bond donors (Lipinski definition) is 2. The van der Waals surface area contributed by atoms with Gasteiger partial charge in [-0.3, -0.25) is 9.59 Å². The van der Waals surface area contributed by atoms with Crippen LogP contribution in [-0.2, 0) is 11.3 Å². The van der Waals surface area contributed by atoms with Gasteiger partial charge in [-0.15, -0.1) is 0 Å². The van der Waals surface area contributed by atoms with Crippen molar-refractivity contribution in [2.45, 2.75) is 6.54 Å². The van der Waals surface area contributed by atoms with Gasteiger partial charge in [-0.1, -0.05) is 36.4 Å². The van der Waals surface area contributed by atoms with Crippen LogP contribution in [0, 0.1) is 0 Å². The molecule has 3 aromatic carbocycles. The number of ether oxygens (including phenoxy) is 2. The first-order valence-electron chi connectivity index (χ1n) is 9.71. The van der Waals surface area contributed by atoms with Crippen LogP contribution in [-0.4, -0.2) is 32.1 Å². The van der Waals surface area contributed by atoms with Crippen molar-refractivity contribution in [3.8, 4) is 5.75 Å². The molecule has 3 rings (SSSR count). The number of carbonyl (C=O) groups excluding carboxylic acids is 2. The highest BCUT2D eigenvalue weighted by atomic mass is 79.9. The van der Waals surface area contributed by atoms with Crippen molar-refractivity contribution in [1.29, 1.82) is 0 Å². The molecule has 0 spiro atoms. The maximum Gasteiger partial charge on any atom is 0.255 e. The molecule has 0 saturated carbocycles. The summed E-state index contributed by atoms with van der Waals surface area (Å²) in [4.78, 5) is 25.1. The average Bonchev–Trinajstić information content (AvgIpc) is 2.79. The van der Waals surface area contributed by atoms with Gasteiger partial charge in [0.2, 0.25) is 0 Å². The summed E-state index contributed by atoms with van der Waals surface area (Å²) in [6.07, 6.45) is 0. The van der Waals surface area contributed by atoms with Gasteiger partial charge >= 0.3 is 0 Å². The van der Waals surface area contributed by atoms with Crippen LogP contribution in [0.2, 0.25) is 0 Å². The molecule has 0 heterocycles. The first-order chi connectivity index (χ1) is 15.1. The normalized spacial score (nSPS) is 10.4. The van der Waals surface area contributed by atoms with E-state index >= 15 is 0 Å². The Morgan fingerprint density at radius 1 is 0.871 bits per heavy atom. The zero-order chi connectivity index (χ0) is 22.1. The van der Waals surface area contributed by atoms with E-state index < -0.39 is 0 Å². The monoisotopic (exact) mass is 482 g/mol. The van der Waals surface area contributed by atoms with Crippen LogP contribution in [0.15, 0.2) is 77.3 Å². The van der Waals surface area contributed by atoms with E-state index in [4.69, 9.17) is 9.47 Å². The molecular formula is C24H23BrN2O4. The third-order valence-electron chi connectivity index (χ3n) is 4.42. The number of benzene rings is 3. The standard InChI is InChI=1S/C24H23BrN2O4/c1-30-12-13-31-22-11-10-19(15-21(22)25)24(29)27-20-9-5-8-18(14-20)23(28)26-16-17-6-3-2-4-7-17/h2-11,14-15H,12-13,16H2,1H3,(H,26,28)(H,27,29). The van der Waals surface area contributed by atoms with Gasteiger partial charge in [0.25, 0.3) is 11.8 Å². The Hall–Kier alpha value is -3.16. The van der Waals surface area contributed by atoms with E-state index in [0.717, 1.165) is 5.56 Å². The predicted octanol–water partition coefficient (Wildman–Crippen LogP) is 4.66. The lowest BCUT2D eigenvalue weighted by Gasteiger charge is -2.11. The Morgan fingerprint density at radius 3 is 2.39 bits per heavy atom. The van der Waals surface area contributed by atoms with Crippen molar-refractivity contribution in [1.82, 2.24) is 5.32 Å². The summed E-state index contributed by atoms with van der Waals surface area (Å²) in [5, 5.41) is 5.71. The van der Waals surface area contributed by atoms with Crippen molar-refractivity contribution in [3.05, 3.63) is 94.0 Å². The predicted molar refractivity (Wildman–Crippen MR) is 124 cm³/mol. The molecule has 6 nitrogen and oxygen atoms in total. The number of amides is 2. The smallest absolute Gasteiger partial charge is 0.255 e. The summed E-state index contributed by atoms with van der Waals surface area (Å²) in [6, 6.07) is 21.6. The molecule has 3 aromatic rings. The number of hydrogen-bond acceptors (Lipinski definition) is 4. The fourth-order valence-electron chi connectivity index (χ4n) is 2.82. The van der Waals surface area contributed by atoms with Crippen molar-refractivity contribution < 1.29 is 19.1 Å². The molecule has 0 aliphatic heterocycles. The maximum atomic E-state index is 12.6. The maximum absolute atomic E-state index is 12.6. The lowest BCUT2D eigenvalue weighted by atomic mass is 10.1. The Morgan fingerprint density at radius 2 is 1.65 bits per heavy atom. The third-order valence-corrected chi connectivity index (χ3v) is 5.04. The highest BCUT2D eigenvalue weighted by Crippen LogP contribution is 2.26. The van der Waals surface area contributed by atoms with Crippen molar-refractivity contribution >= 4 is 33.4 Å². The SMILES string of the molecule is COCCOc1ccc(C(=O)Nc2cccc(C(=O)NCc3ccccc3)c2)cc1Br. The summed E-state index contributed by atoms with van der Waals surface area (Å²) >= 11 is 3.42. The first-order valence-corrected chi connectivity index (χ1v) is 10.5. The van der Waals surface area contributed by atoms with Crippen LogP contribution in [0.5, 0.6) is 5.75 Å². The minimum absolute atomic E-state index is 0.208. The van der Waals surface area contributed by atoms with Gasteiger partial charge in [-0.2, -0.15) is 0 Å². The second-order valence-electron chi connectivity index (χ2n) is 6.69. The zero-order valence-electron chi connectivity index (χ0n) is 17.1. The van der Waals surface area contributed by atoms with Gasteiger partial charge in [0.15, 0.2) is 0 Å². The van der Waals surface area contributed by atoms with E-state index in [2.05, 4.69) is 26.6 Å². The van der Waals surface area contributed by atoms with Crippen molar-refractivity contribution in [2.75, 3.05) is 25.6 Å². The van der Waals surface area contributed by atoms with E-state index in [9.17, 15) is 9.59 Å². The molecule has 160 valence electrons. The first kappa shape index (κ1) is 22.5. The summed E-state index contributed by atoms with van der Waals surface area (Å²) in [6.45, 7) is 1.33. The molecular weight excluding hydrogens is 460 g/mol. The average molecular weight is 483 g/mol. The molecule has 0 radical (unpaired) electrons. The number of halogens is 1. The van der Waals surface area contributed by atoms with Crippen molar-refractivity contribution in [2.24, 2.45) is 0 Å². The molecule has 7 heteroatoms. The van der Waals surface area contributed by atoms with Gasteiger partial charge in [-0.25, -0.2) is 0 Å². The largest absolute Gasteiger partial charge is 0.490 e. The van der Waals surface area contributed by atoms with E-state index in [1.54, 1.807) is 49.6 Å². The minimum atomic E-state index is -0.286. The molecule has 2 N–H and O–H groups in total. The number of anilines is 1. The highest BCUT2D eigenvalue weighted by molar-refractivity contribution is 9.10. The topological polar surface area (TPSA) is 76.7 Å². The van der Waals surface area contributed by atoms with Crippen LogP contribution in [0.25, 0.3) is 0 Å². The molecule has 0 bridgehead atoms. The zero-order valence-corrected chi connectivity index (χ0v) is 18.6. The molecule has 31 heavy (non-hydrogen) atoms. The number of rotatable bonds is 9. The quantitative estimate of drug-likeness (QED) is 0.435. The lowest BCUT2D eigenvalue weighted by molar-refractivity contribution is 0.0949. The summed E-state index contributed by atoms with van der Waals surface area (Å²) < 4.78 is 11.2. The summed E-state index contributed by atoms with van der Waals surface area (Å²) in [7, 11) is 1.60. The van der Waals surface area contributed by atoms with Crippen LogP contribution >= 0.6 is 15.9 Å². The molecule has 0 aliphatic carbocycles. The van der Waals surface area contributed by atoms with E-state index in [0.29, 0.717) is 46.8 Å². The Bertz CT molecular complexity index is 1040. The number of carbonyl (C=O) groups is 2. The van der Waals surface area contributed by atoms with Gasteiger partial charge in [0.1, 0.15) is 12.4 Å². The Kier molecular flexibility index (Phi) is 8.20. The second-order valence-corrected chi connectivity index (χ2v) is 7.54. The summed E-state index contributed by atoms with van der Waals surface area (Å²) in [5.74, 6) is 0.136. The summed E-state index contributed by atoms with van der Waals surface area (Å²) in [5.41, 5.74) is 2.48. The van der Waals surface area contributed by atoms with Crippen LogP contribution in [0.1, 0.15) is 26.3 Å². The van der Waals surface area contributed by atoms with Gasteiger partial charge < -0.3 is 20.1 Å². The fraction of sp³-hybridized carbons (Fsp3) is 0.167. The Labute approximate surface area is 189 Å². The van der Waals surface area contributed by atoms with Crippen molar-refractivity contribution in [3.63, 3.8) is 0 Å². The van der Waals surface area contributed by atoms with Crippen LogP contribution < -0.4 is 15.4 Å². The number of methoxy groups -OCH3 is 1. The molecule has 0 aliphatic rings. The van der Waals surface area contributed by atoms with Gasteiger partial charge in [0.05, 0.1) is 11.1 Å². The van der Waals surface area contributed by atoms with Crippen LogP contribution in [0.4, 0.5) is 5.69 Å². The Balaban J connectivity index is 1.61. The highest BCUT2D eigenvalue weighted by Gasteiger charge is 2.12. The molecule has 2 amide bonds. The fourth-order valence-corrected chi connectivity index (χ4v) is 3.31. The molecule has 0 atom stereocenters.